The number of carbonyl (C=O) groups is 1. The number of aliphatic hydroxyl groups is 1. The van der Waals surface area contributed by atoms with Crippen LogP contribution in [0.5, 0.6) is 0 Å². The standard InChI is InChI=1S/C8H14N2O2/c1-6(11)4-10-7(12)8(2,3)5-9/h6,11H,4H2,1-3H3,(H,10,12)/t6-/m0/s1. The smallest absolute Gasteiger partial charge is 0.239 e. The number of nitriles is 1. The fourth-order valence-electron chi connectivity index (χ4n) is 0.512. The van der Waals surface area contributed by atoms with Crippen LogP contribution in [0.2, 0.25) is 0 Å². The molecule has 12 heavy (non-hydrogen) atoms. The van der Waals surface area contributed by atoms with Crippen molar-refractivity contribution in [3.8, 4) is 6.07 Å². The van der Waals surface area contributed by atoms with Crippen molar-refractivity contribution in [1.29, 1.82) is 5.26 Å². The summed E-state index contributed by atoms with van der Waals surface area (Å²) in [5, 5.41) is 19.9. The van der Waals surface area contributed by atoms with E-state index >= 15 is 0 Å². The Bertz CT molecular complexity index is 204. The molecule has 0 aliphatic carbocycles. The van der Waals surface area contributed by atoms with Crippen molar-refractivity contribution in [3.63, 3.8) is 0 Å². The molecule has 0 spiro atoms. The molecule has 0 saturated heterocycles. The predicted octanol–water partition coefficient (Wildman–Crippen LogP) is 0.0332. The number of nitrogens with zero attached hydrogens (tertiary/aromatic N) is 1. The third-order valence-corrected chi connectivity index (χ3v) is 1.41. The number of carbonyl (C=O) groups excluding carboxylic acids is 1. The van der Waals surface area contributed by atoms with Crippen LogP contribution in [0.1, 0.15) is 20.8 Å². The third-order valence-electron chi connectivity index (χ3n) is 1.41. The van der Waals surface area contributed by atoms with Gasteiger partial charge in [-0.3, -0.25) is 4.79 Å². The lowest BCUT2D eigenvalue weighted by atomic mass is 9.95. The monoisotopic (exact) mass is 170 g/mol. The van der Waals surface area contributed by atoms with Crippen LogP contribution in [-0.4, -0.2) is 23.7 Å². The van der Waals surface area contributed by atoms with Crippen LogP contribution in [0.4, 0.5) is 0 Å². The average Bonchev–Trinajstić information content (AvgIpc) is 2.00. The van der Waals surface area contributed by atoms with Gasteiger partial charge in [-0.15, -0.1) is 0 Å². The predicted molar refractivity (Wildman–Crippen MR) is 44.1 cm³/mol. The van der Waals surface area contributed by atoms with Crippen LogP contribution >= 0.6 is 0 Å². The molecule has 2 N–H and O–H groups in total. The summed E-state index contributed by atoms with van der Waals surface area (Å²) < 4.78 is 0. The van der Waals surface area contributed by atoms with Gasteiger partial charge in [0, 0.05) is 6.54 Å². The van der Waals surface area contributed by atoms with E-state index in [4.69, 9.17) is 10.4 Å². The molecule has 0 aromatic heterocycles. The summed E-state index contributed by atoms with van der Waals surface area (Å²) in [6, 6.07) is 1.87. The van der Waals surface area contributed by atoms with Crippen molar-refractivity contribution in [3.05, 3.63) is 0 Å². The van der Waals surface area contributed by atoms with Crippen molar-refractivity contribution in [2.75, 3.05) is 6.54 Å². The van der Waals surface area contributed by atoms with Gasteiger partial charge in [-0.05, 0) is 20.8 Å². The lowest BCUT2D eigenvalue weighted by Crippen LogP contribution is -2.39. The molecule has 0 aromatic rings. The largest absolute Gasteiger partial charge is 0.392 e. The molecule has 0 unspecified atom stereocenters. The van der Waals surface area contributed by atoms with Gasteiger partial charge in [-0.1, -0.05) is 0 Å². The number of nitrogens with one attached hydrogen (secondary N) is 1. The molecule has 0 aliphatic heterocycles. The van der Waals surface area contributed by atoms with Gasteiger partial charge in [-0.2, -0.15) is 5.26 Å². The van der Waals surface area contributed by atoms with Gasteiger partial charge in [0.25, 0.3) is 0 Å². The fraction of sp³-hybridized carbons (Fsp3) is 0.750. The maximum Gasteiger partial charge on any atom is 0.239 e. The Morgan fingerprint density at radius 2 is 2.25 bits per heavy atom. The fourth-order valence-corrected chi connectivity index (χ4v) is 0.512. The molecular formula is C8H14N2O2. The van der Waals surface area contributed by atoms with E-state index in [0.29, 0.717) is 0 Å². The first-order valence-corrected chi connectivity index (χ1v) is 3.78. The summed E-state index contributed by atoms with van der Waals surface area (Å²) in [6.45, 7) is 4.82. The summed E-state index contributed by atoms with van der Waals surface area (Å²) >= 11 is 0. The quantitative estimate of drug-likeness (QED) is 0.627. The lowest BCUT2D eigenvalue weighted by Gasteiger charge is -2.15. The molecule has 4 heteroatoms. The van der Waals surface area contributed by atoms with Crippen molar-refractivity contribution in [2.24, 2.45) is 5.41 Å². The van der Waals surface area contributed by atoms with Crippen molar-refractivity contribution < 1.29 is 9.90 Å². The normalized spacial score (nSPS) is 13.2. The molecule has 68 valence electrons. The van der Waals surface area contributed by atoms with E-state index in [-0.39, 0.29) is 12.5 Å². The summed E-state index contributed by atoms with van der Waals surface area (Å²) in [5.74, 6) is -0.356. The first-order valence-electron chi connectivity index (χ1n) is 3.78. The molecule has 4 nitrogen and oxygen atoms in total. The molecule has 0 bridgehead atoms. The maximum atomic E-state index is 11.2. The topological polar surface area (TPSA) is 73.1 Å². The molecule has 0 radical (unpaired) electrons. The molecule has 0 aliphatic rings. The number of aliphatic hydroxyl groups excluding tert-OH is 1. The van der Waals surface area contributed by atoms with Crippen LogP contribution in [0, 0.1) is 16.7 Å². The van der Waals surface area contributed by atoms with E-state index in [2.05, 4.69) is 5.32 Å². The SMILES string of the molecule is C[C@H](O)CNC(=O)C(C)(C)C#N. The van der Waals surface area contributed by atoms with E-state index in [1.165, 1.54) is 13.8 Å². The highest BCUT2D eigenvalue weighted by Gasteiger charge is 2.26. The Labute approximate surface area is 72.2 Å². The van der Waals surface area contributed by atoms with Crippen molar-refractivity contribution in [2.45, 2.75) is 26.9 Å². The lowest BCUT2D eigenvalue weighted by molar-refractivity contribution is -0.127. The second-order valence-electron chi connectivity index (χ2n) is 3.30. The van der Waals surface area contributed by atoms with Gasteiger partial charge in [0.15, 0.2) is 0 Å². The Morgan fingerprint density at radius 3 is 2.58 bits per heavy atom. The van der Waals surface area contributed by atoms with Crippen LogP contribution in [-0.2, 0) is 4.79 Å². The van der Waals surface area contributed by atoms with Gasteiger partial charge in [-0.25, -0.2) is 0 Å². The molecule has 1 amide bonds. The Morgan fingerprint density at radius 1 is 1.75 bits per heavy atom. The molecule has 0 aromatic carbocycles. The zero-order valence-corrected chi connectivity index (χ0v) is 7.59. The van der Waals surface area contributed by atoms with E-state index < -0.39 is 11.5 Å². The van der Waals surface area contributed by atoms with E-state index in [9.17, 15) is 4.79 Å². The summed E-state index contributed by atoms with van der Waals surface area (Å²) in [7, 11) is 0. The highest BCUT2D eigenvalue weighted by atomic mass is 16.3. The number of rotatable bonds is 3. The first kappa shape index (κ1) is 10.9. The summed E-state index contributed by atoms with van der Waals surface area (Å²) in [5.41, 5.74) is -1.02. The van der Waals surface area contributed by atoms with Crippen LogP contribution in [0.3, 0.4) is 0 Å². The second-order valence-corrected chi connectivity index (χ2v) is 3.30. The Kier molecular flexibility index (Phi) is 3.71. The van der Waals surface area contributed by atoms with Gasteiger partial charge in [0.05, 0.1) is 12.2 Å². The summed E-state index contributed by atoms with van der Waals surface area (Å²) in [4.78, 5) is 11.2. The Balaban J connectivity index is 3.99. The summed E-state index contributed by atoms with van der Waals surface area (Å²) in [6.07, 6.45) is -0.580. The van der Waals surface area contributed by atoms with Gasteiger partial charge >= 0.3 is 0 Å². The third kappa shape index (κ3) is 3.35. The number of hydrogen-bond acceptors (Lipinski definition) is 3. The minimum atomic E-state index is -1.02. The van der Waals surface area contributed by atoms with Crippen LogP contribution < -0.4 is 5.32 Å². The van der Waals surface area contributed by atoms with Gasteiger partial charge in [0.1, 0.15) is 5.41 Å². The minimum absolute atomic E-state index is 0.184. The first-order chi connectivity index (χ1) is 5.40. The average molecular weight is 170 g/mol. The second kappa shape index (κ2) is 4.07. The highest BCUT2D eigenvalue weighted by molar-refractivity contribution is 5.84. The molecule has 0 fully saturated rings. The molecule has 0 heterocycles. The number of hydrogen-bond donors (Lipinski definition) is 2. The van der Waals surface area contributed by atoms with Crippen molar-refractivity contribution in [1.82, 2.24) is 5.32 Å². The zero-order valence-electron chi connectivity index (χ0n) is 7.59. The van der Waals surface area contributed by atoms with E-state index in [1.54, 1.807) is 6.92 Å². The minimum Gasteiger partial charge on any atom is -0.392 e. The van der Waals surface area contributed by atoms with Crippen LogP contribution in [0.15, 0.2) is 0 Å². The highest BCUT2D eigenvalue weighted by Crippen LogP contribution is 2.12. The maximum absolute atomic E-state index is 11.2. The molecule has 0 rings (SSSR count). The van der Waals surface area contributed by atoms with Gasteiger partial charge < -0.3 is 10.4 Å². The Hall–Kier alpha value is -1.08. The van der Waals surface area contributed by atoms with E-state index in [1.807, 2.05) is 6.07 Å². The molecule has 1 atom stereocenters. The zero-order chi connectivity index (χ0) is 9.78. The van der Waals surface area contributed by atoms with Crippen molar-refractivity contribution >= 4 is 5.91 Å². The number of amides is 1. The van der Waals surface area contributed by atoms with Crippen LogP contribution in [0.25, 0.3) is 0 Å². The van der Waals surface area contributed by atoms with Gasteiger partial charge in [0.2, 0.25) is 5.91 Å². The molecule has 0 saturated carbocycles. The van der Waals surface area contributed by atoms with E-state index in [0.717, 1.165) is 0 Å². The molecular weight excluding hydrogens is 156 g/mol.